The summed E-state index contributed by atoms with van der Waals surface area (Å²) in [6.45, 7) is 12.8. The van der Waals surface area contributed by atoms with E-state index >= 15 is 0 Å². The van der Waals surface area contributed by atoms with Gasteiger partial charge in [-0.05, 0) is 47.0 Å². The van der Waals surface area contributed by atoms with E-state index in [4.69, 9.17) is 9.47 Å². The highest BCUT2D eigenvalue weighted by Gasteiger charge is 2.30. The van der Waals surface area contributed by atoms with Crippen molar-refractivity contribution < 1.29 is 23.9 Å². The van der Waals surface area contributed by atoms with Gasteiger partial charge in [-0.25, -0.2) is 0 Å². The summed E-state index contributed by atoms with van der Waals surface area (Å²) in [5, 5.41) is 8.36. The van der Waals surface area contributed by atoms with E-state index in [0.717, 1.165) is 6.42 Å². The predicted molar refractivity (Wildman–Crippen MR) is 114 cm³/mol. The number of hydrogen-bond acceptors (Lipinski definition) is 5. The van der Waals surface area contributed by atoms with Crippen molar-refractivity contribution in [2.45, 2.75) is 90.9 Å². The highest BCUT2D eigenvalue weighted by molar-refractivity contribution is 5.88. The van der Waals surface area contributed by atoms with Crippen LogP contribution in [0.3, 0.4) is 0 Å². The van der Waals surface area contributed by atoms with Crippen LogP contribution in [-0.4, -0.2) is 61.8 Å². The molecule has 3 amide bonds. The Labute approximate surface area is 175 Å². The van der Waals surface area contributed by atoms with Crippen LogP contribution in [0.2, 0.25) is 0 Å². The van der Waals surface area contributed by atoms with Crippen molar-refractivity contribution in [1.29, 1.82) is 0 Å². The number of methoxy groups -OCH3 is 1. The van der Waals surface area contributed by atoms with Gasteiger partial charge in [-0.15, -0.1) is 0 Å². The molecule has 0 heterocycles. The minimum atomic E-state index is -0.712. The smallest absolute Gasteiger partial charge is 0.242 e. The molecule has 8 nitrogen and oxygen atoms in total. The number of nitrogens with one attached hydrogen (secondary N) is 3. The fraction of sp³-hybridized carbons (Fsp3) is 0.857. The number of rotatable bonds is 15. The van der Waals surface area contributed by atoms with Crippen LogP contribution in [0.15, 0.2) is 0 Å². The summed E-state index contributed by atoms with van der Waals surface area (Å²) in [5.41, 5.74) is -1.06. The van der Waals surface area contributed by atoms with Gasteiger partial charge in [0.05, 0.1) is 17.8 Å². The average molecular weight is 416 g/mol. The SMILES string of the molecule is CCCNC(=O)[C@H](CCC(=O)NCC(C)(C)OC(C)(C)COC)NC(=O)CCC. The van der Waals surface area contributed by atoms with Crippen molar-refractivity contribution in [2.75, 3.05) is 26.8 Å². The van der Waals surface area contributed by atoms with E-state index in [0.29, 0.717) is 32.5 Å². The molecule has 1 atom stereocenters. The van der Waals surface area contributed by atoms with Crippen molar-refractivity contribution >= 4 is 17.7 Å². The van der Waals surface area contributed by atoms with Gasteiger partial charge in [0.1, 0.15) is 6.04 Å². The van der Waals surface area contributed by atoms with E-state index in [1.165, 1.54) is 0 Å². The zero-order chi connectivity index (χ0) is 22.5. The number of ether oxygens (including phenoxy) is 2. The highest BCUT2D eigenvalue weighted by atomic mass is 16.6. The number of carbonyl (C=O) groups is 3. The topological polar surface area (TPSA) is 106 Å². The summed E-state index contributed by atoms with van der Waals surface area (Å²) in [5.74, 6) is -0.627. The van der Waals surface area contributed by atoms with E-state index in [2.05, 4.69) is 16.0 Å². The molecule has 0 unspecified atom stereocenters. The van der Waals surface area contributed by atoms with Gasteiger partial charge < -0.3 is 25.4 Å². The molecule has 0 saturated heterocycles. The monoisotopic (exact) mass is 415 g/mol. The highest BCUT2D eigenvalue weighted by Crippen LogP contribution is 2.20. The molecule has 170 valence electrons. The molecule has 0 rings (SSSR count). The second kappa shape index (κ2) is 13.5. The quantitative estimate of drug-likeness (QED) is 0.379. The van der Waals surface area contributed by atoms with E-state index in [9.17, 15) is 14.4 Å². The Hall–Kier alpha value is -1.67. The Morgan fingerprint density at radius 2 is 1.55 bits per heavy atom. The summed E-state index contributed by atoms with van der Waals surface area (Å²) in [6.07, 6.45) is 2.23. The van der Waals surface area contributed by atoms with Gasteiger partial charge in [-0.1, -0.05) is 13.8 Å². The standard InChI is InChI=1S/C21H41N3O5/c1-8-10-18(26)24-16(19(27)22-13-9-2)11-12-17(25)23-14-20(3,4)29-21(5,6)15-28-7/h16H,8-15H2,1-7H3,(H,22,27)(H,23,25)(H,24,26)/t16-/m0/s1. The third-order valence-corrected chi connectivity index (χ3v) is 4.09. The minimum absolute atomic E-state index is 0.133. The van der Waals surface area contributed by atoms with Crippen LogP contribution in [0.25, 0.3) is 0 Å². The first kappa shape index (κ1) is 27.3. The zero-order valence-electron chi connectivity index (χ0n) is 19.3. The molecule has 29 heavy (non-hydrogen) atoms. The largest absolute Gasteiger partial charge is 0.382 e. The van der Waals surface area contributed by atoms with Crippen LogP contribution in [-0.2, 0) is 23.9 Å². The summed E-state index contributed by atoms with van der Waals surface area (Å²) < 4.78 is 11.2. The van der Waals surface area contributed by atoms with Gasteiger partial charge in [0, 0.05) is 33.0 Å². The maximum atomic E-state index is 12.3. The van der Waals surface area contributed by atoms with Crippen LogP contribution in [0, 0.1) is 0 Å². The van der Waals surface area contributed by atoms with Crippen molar-refractivity contribution in [3.05, 3.63) is 0 Å². The molecule has 0 bridgehead atoms. The molecule has 0 aliphatic heterocycles. The molecule has 0 aliphatic carbocycles. The lowest BCUT2D eigenvalue weighted by molar-refractivity contribution is -0.148. The molecule has 0 fully saturated rings. The molecule has 8 heteroatoms. The second-order valence-corrected chi connectivity index (χ2v) is 8.53. The Bertz CT molecular complexity index is 520. The third-order valence-electron chi connectivity index (χ3n) is 4.09. The first-order chi connectivity index (χ1) is 13.5. The third kappa shape index (κ3) is 13.2. The summed E-state index contributed by atoms with van der Waals surface area (Å²) in [6, 6.07) is -0.712. The Morgan fingerprint density at radius 3 is 2.10 bits per heavy atom. The van der Waals surface area contributed by atoms with Crippen molar-refractivity contribution in [1.82, 2.24) is 16.0 Å². The molecule has 3 N–H and O–H groups in total. The molecule has 0 saturated carbocycles. The van der Waals surface area contributed by atoms with Gasteiger partial charge >= 0.3 is 0 Å². The van der Waals surface area contributed by atoms with E-state index < -0.39 is 17.2 Å². The molecule has 0 aliphatic rings. The van der Waals surface area contributed by atoms with Gasteiger partial charge in [0.25, 0.3) is 0 Å². The Morgan fingerprint density at radius 1 is 0.897 bits per heavy atom. The first-order valence-corrected chi connectivity index (χ1v) is 10.5. The molecular formula is C21H41N3O5. The molecular weight excluding hydrogens is 374 g/mol. The number of amides is 3. The first-order valence-electron chi connectivity index (χ1n) is 10.5. The summed E-state index contributed by atoms with van der Waals surface area (Å²) in [7, 11) is 1.62. The predicted octanol–water partition coefficient (Wildman–Crippen LogP) is 1.91. The van der Waals surface area contributed by atoms with Crippen LogP contribution < -0.4 is 16.0 Å². The fourth-order valence-corrected chi connectivity index (χ4v) is 2.97. The lowest BCUT2D eigenvalue weighted by Crippen LogP contribution is -2.48. The number of hydrogen-bond donors (Lipinski definition) is 3. The van der Waals surface area contributed by atoms with Gasteiger partial charge in [-0.2, -0.15) is 0 Å². The van der Waals surface area contributed by atoms with Crippen LogP contribution in [0.1, 0.15) is 73.6 Å². The van der Waals surface area contributed by atoms with Crippen LogP contribution in [0.5, 0.6) is 0 Å². The van der Waals surface area contributed by atoms with Crippen LogP contribution >= 0.6 is 0 Å². The van der Waals surface area contributed by atoms with E-state index in [-0.39, 0.29) is 30.6 Å². The maximum absolute atomic E-state index is 12.3. The fourth-order valence-electron chi connectivity index (χ4n) is 2.97. The molecule has 0 aromatic carbocycles. The zero-order valence-corrected chi connectivity index (χ0v) is 19.3. The number of carbonyl (C=O) groups excluding carboxylic acids is 3. The van der Waals surface area contributed by atoms with Gasteiger partial charge in [-0.3, -0.25) is 14.4 Å². The normalized spacial score (nSPS) is 12.9. The maximum Gasteiger partial charge on any atom is 0.242 e. The lowest BCUT2D eigenvalue weighted by atomic mass is 10.1. The Kier molecular flexibility index (Phi) is 12.8. The summed E-state index contributed by atoms with van der Waals surface area (Å²) in [4.78, 5) is 36.5. The van der Waals surface area contributed by atoms with Crippen LogP contribution in [0.4, 0.5) is 0 Å². The van der Waals surface area contributed by atoms with Crippen molar-refractivity contribution in [2.24, 2.45) is 0 Å². The Balaban J connectivity index is 4.64. The van der Waals surface area contributed by atoms with E-state index in [1.807, 2.05) is 41.5 Å². The molecule has 0 aromatic heterocycles. The molecule has 0 spiro atoms. The van der Waals surface area contributed by atoms with Crippen molar-refractivity contribution in [3.8, 4) is 0 Å². The molecule has 0 radical (unpaired) electrons. The lowest BCUT2D eigenvalue weighted by Gasteiger charge is -2.35. The van der Waals surface area contributed by atoms with Gasteiger partial charge in [0.2, 0.25) is 17.7 Å². The minimum Gasteiger partial charge on any atom is -0.382 e. The second-order valence-electron chi connectivity index (χ2n) is 8.53. The van der Waals surface area contributed by atoms with Crippen molar-refractivity contribution in [3.63, 3.8) is 0 Å². The average Bonchev–Trinajstić information content (AvgIpc) is 2.60. The van der Waals surface area contributed by atoms with Gasteiger partial charge in [0.15, 0.2) is 0 Å². The van der Waals surface area contributed by atoms with E-state index in [1.54, 1.807) is 7.11 Å². The summed E-state index contributed by atoms with van der Waals surface area (Å²) >= 11 is 0. The molecule has 0 aromatic rings.